The molecule has 226 valence electrons. The zero-order valence-corrected chi connectivity index (χ0v) is 25.7. The molecule has 0 spiro atoms. The van der Waals surface area contributed by atoms with Crippen molar-refractivity contribution < 1.29 is 23.5 Å². The molecule has 0 aliphatic carbocycles. The highest BCUT2D eigenvalue weighted by Gasteiger charge is 2.40. The van der Waals surface area contributed by atoms with Crippen molar-refractivity contribution in [3.05, 3.63) is 70.9 Å². The lowest BCUT2D eigenvalue weighted by atomic mass is 10.00. The van der Waals surface area contributed by atoms with Gasteiger partial charge in [-0.2, -0.15) is 0 Å². The number of morpholine rings is 1. The number of likely N-dealkylation sites (tertiary alicyclic amines) is 1. The number of fused-ring (bicyclic) bond motifs is 4. The molecule has 0 saturated carbocycles. The van der Waals surface area contributed by atoms with Crippen LogP contribution in [0.1, 0.15) is 27.2 Å². The molecule has 0 unspecified atom stereocenters. The Labute approximate surface area is 257 Å². The highest BCUT2D eigenvalue weighted by molar-refractivity contribution is 7.26. The Morgan fingerprint density at radius 2 is 1.68 bits per heavy atom. The molecule has 2 aliphatic rings. The van der Waals surface area contributed by atoms with E-state index < -0.39 is 17.7 Å². The highest BCUT2D eigenvalue weighted by atomic mass is 32.1. The first-order chi connectivity index (χ1) is 21.2. The second kappa shape index (κ2) is 10.9. The van der Waals surface area contributed by atoms with Crippen LogP contribution in [0, 0.1) is 0 Å². The van der Waals surface area contributed by atoms with Crippen molar-refractivity contribution in [2.24, 2.45) is 0 Å². The second-order valence-electron chi connectivity index (χ2n) is 12.2. The van der Waals surface area contributed by atoms with Gasteiger partial charge in [-0.1, -0.05) is 30.3 Å². The molecule has 9 nitrogen and oxygen atoms in total. The maximum Gasteiger partial charge on any atom is 0.410 e. The van der Waals surface area contributed by atoms with Gasteiger partial charge in [-0.15, -0.1) is 11.3 Å². The number of anilines is 2. The van der Waals surface area contributed by atoms with Gasteiger partial charge >= 0.3 is 6.09 Å². The molecule has 2 aliphatic heterocycles. The molecular weight excluding hydrogens is 578 g/mol. The number of thiophene rings is 1. The molecule has 2 aromatic heterocycles. The minimum atomic E-state index is -0.625. The van der Waals surface area contributed by atoms with Crippen LogP contribution in [0.4, 0.5) is 16.4 Å². The van der Waals surface area contributed by atoms with Crippen LogP contribution in [-0.2, 0) is 14.3 Å². The molecule has 3 aromatic carbocycles. The Bertz CT molecular complexity index is 1980. The quantitative estimate of drug-likeness (QED) is 0.244. The molecule has 7 rings (SSSR count). The Morgan fingerprint density at radius 3 is 2.41 bits per heavy atom. The number of nitrogens with zero attached hydrogens (tertiary/aromatic N) is 2. The fraction of sp³-hybridized carbons (Fsp3) is 0.324. The molecule has 4 heterocycles. The van der Waals surface area contributed by atoms with Crippen LogP contribution in [0.5, 0.6) is 0 Å². The summed E-state index contributed by atoms with van der Waals surface area (Å²) in [6.07, 6.45) is 0.115. The van der Waals surface area contributed by atoms with Gasteiger partial charge in [0.15, 0.2) is 11.3 Å². The third-order valence-corrected chi connectivity index (χ3v) is 9.29. The van der Waals surface area contributed by atoms with Gasteiger partial charge in [0.2, 0.25) is 5.91 Å². The summed E-state index contributed by atoms with van der Waals surface area (Å²) >= 11 is 1.66. The van der Waals surface area contributed by atoms with Crippen LogP contribution in [0.2, 0.25) is 0 Å². The molecule has 1 atom stereocenters. The standard InChI is InChI=1S/C34H33N3O6S/c1-34(2,3)43-33(40)37-13-12-26(37)32(39)35-20-10-11-28-25(18-20)23-8-5-7-22(31(23)44-28)21-6-4-9-24-27(38)19-29(42-30(21)24)36-14-16-41-17-15-36/h4-11,18-19,26H,12-17H2,1-3H3,(H,35,39)/t26-/m0/s1. The molecule has 44 heavy (non-hydrogen) atoms. The molecule has 0 bridgehead atoms. The number of hydrogen-bond acceptors (Lipinski definition) is 8. The van der Waals surface area contributed by atoms with Crippen LogP contribution in [-0.4, -0.2) is 61.4 Å². The summed E-state index contributed by atoms with van der Waals surface area (Å²) in [4.78, 5) is 42.4. The predicted molar refractivity (Wildman–Crippen MR) is 174 cm³/mol. The summed E-state index contributed by atoms with van der Waals surface area (Å²) in [7, 11) is 0. The Morgan fingerprint density at radius 1 is 0.932 bits per heavy atom. The maximum absolute atomic E-state index is 13.2. The average Bonchev–Trinajstić information content (AvgIpc) is 3.34. The van der Waals surface area contributed by atoms with Crippen LogP contribution >= 0.6 is 11.3 Å². The lowest BCUT2D eigenvalue weighted by Gasteiger charge is -2.40. The van der Waals surface area contributed by atoms with Gasteiger partial charge in [0.1, 0.15) is 17.2 Å². The van der Waals surface area contributed by atoms with Crippen molar-refractivity contribution in [1.29, 1.82) is 0 Å². The zero-order chi connectivity index (χ0) is 30.6. The summed E-state index contributed by atoms with van der Waals surface area (Å²) in [5, 5.41) is 5.60. The van der Waals surface area contributed by atoms with Gasteiger partial charge < -0.3 is 24.1 Å². The van der Waals surface area contributed by atoms with E-state index in [0.29, 0.717) is 61.8 Å². The summed E-state index contributed by atoms with van der Waals surface area (Å²) in [5.74, 6) is 0.322. The first-order valence-corrected chi connectivity index (χ1v) is 15.6. The van der Waals surface area contributed by atoms with E-state index in [1.165, 1.54) is 4.90 Å². The summed E-state index contributed by atoms with van der Waals surface area (Å²) in [6, 6.07) is 18.7. The minimum Gasteiger partial charge on any atom is -0.444 e. The van der Waals surface area contributed by atoms with Gasteiger partial charge in [0, 0.05) is 62.7 Å². The normalized spacial score (nSPS) is 17.2. The van der Waals surface area contributed by atoms with E-state index in [1.54, 1.807) is 23.5 Å². The number of rotatable bonds is 4. The molecule has 5 aromatic rings. The van der Waals surface area contributed by atoms with E-state index in [0.717, 1.165) is 31.3 Å². The van der Waals surface area contributed by atoms with Crippen molar-refractivity contribution >= 4 is 66.1 Å². The molecule has 10 heteroatoms. The summed E-state index contributed by atoms with van der Waals surface area (Å²) in [5.41, 5.74) is 2.36. The lowest BCUT2D eigenvalue weighted by Crippen LogP contribution is -2.57. The smallest absolute Gasteiger partial charge is 0.410 e. The lowest BCUT2D eigenvalue weighted by molar-refractivity contribution is -0.125. The molecule has 2 amide bonds. The monoisotopic (exact) mass is 611 g/mol. The van der Waals surface area contributed by atoms with Crippen molar-refractivity contribution in [3.8, 4) is 11.1 Å². The number of carbonyl (C=O) groups is 2. The Balaban J connectivity index is 1.22. The highest BCUT2D eigenvalue weighted by Crippen LogP contribution is 2.42. The fourth-order valence-electron chi connectivity index (χ4n) is 5.83. The first-order valence-electron chi connectivity index (χ1n) is 14.8. The van der Waals surface area contributed by atoms with Gasteiger partial charge in [0.05, 0.1) is 18.6 Å². The maximum atomic E-state index is 13.2. The summed E-state index contributed by atoms with van der Waals surface area (Å²) in [6.45, 7) is 8.44. The SMILES string of the molecule is CC(C)(C)OC(=O)N1CC[C@H]1C(=O)Nc1ccc2sc3c(-c4cccc5c(=O)cc(N6CCOCC6)oc45)cccc3c2c1. The van der Waals surface area contributed by atoms with Crippen LogP contribution < -0.4 is 15.6 Å². The fourth-order valence-corrected chi connectivity index (χ4v) is 7.04. The topological polar surface area (TPSA) is 101 Å². The first kappa shape index (κ1) is 28.4. The van der Waals surface area contributed by atoms with Crippen molar-refractivity contribution in [2.75, 3.05) is 43.1 Å². The van der Waals surface area contributed by atoms with Gasteiger partial charge in [-0.05, 0) is 51.5 Å². The van der Waals surface area contributed by atoms with E-state index in [4.69, 9.17) is 13.9 Å². The molecule has 1 N–H and O–H groups in total. The number of ether oxygens (including phenoxy) is 2. The molecule has 0 radical (unpaired) electrons. The molecule has 2 fully saturated rings. The van der Waals surface area contributed by atoms with Gasteiger partial charge in [0.25, 0.3) is 0 Å². The number of carbonyl (C=O) groups excluding carboxylic acids is 2. The second-order valence-corrected chi connectivity index (χ2v) is 13.2. The Kier molecular flexibility index (Phi) is 7.05. The van der Waals surface area contributed by atoms with Crippen LogP contribution in [0.15, 0.2) is 69.9 Å². The van der Waals surface area contributed by atoms with Crippen molar-refractivity contribution in [3.63, 3.8) is 0 Å². The van der Waals surface area contributed by atoms with E-state index in [9.17, 15) is 14.4 Å². The number of para-hydroxylation sites is 1. The van der Waals surface area contributed by atoms with Crippen LogP contribution in [0.3, 0.4) is 0 Å². The molecule has 2 saturated heterocycles. The number of benzene rings is 3. The van der Waals surface area contributed by atoms with Crippen LogP contribution in [0.25, 0.3) is 42.3 Å². The minimum absolute atomic E-state index is 0.0739. The number of nitrogens with one attached hydrogen (secondary N) is 1. The average molecular weight is 612 g/mol. The summed E-state index contributed by atoms with van der Waals surface area (Å²) < 4.78 is 19.5. The van der Waals surface area contributed by atoms with Gasteiger partial charge in [-0.3, -0.25) is 14.5 Å². The largest absolute Gasteiger partial charge is 0.444 e. The van der Waals surface area contributed by atoms with Crippen molar-refractivity contribution in [1.82, 2.24) is 4.90 Å². The molecular formula is C34H33N3O6S. The Hall–Kier alpha value is -4.41. The van der Waals surface area contributed by atoms with Crippen molar-refractivity contribution in [2.45, 2.75) is 38.8 Å². The van der Waals surface area contributed by atoms with E-state index in [1.807, 2.05) is 62.1 Å². The number of amides is 2. The number of hydrogen-bond donors (Lipinski definition) is 1. The predicted octanol–water partition coefficient (Wildman–Crippen LogP) is 6.61. The van der Waals surface area contributed by atoms with E-state index in [2.05, 4.69) is 17.4 Å². The zero-order valence-electron chi connectivity index (χ0n) is 24.8. The van der Waals surface area contributed by atoms with Gasteiger partial charge in [-0.25, -0.2) is 4.79 Å². The van der Waals surface area contributed by atoms with E-state index in [-0.39, 0.29) is 11.3 Å². The third kappa shape index (κ3) is 5.18. The van der Waals surface area contributed by atoms with E-state index >= 15 is 0 Å². The third-order valence-electron chi connectivity index (χ3n) is 8.07.